The molecule has 1 aromatic heterocycles. The second kappa shape index (κ2) is 8.91. The molecule has 0 aliphatic carbocycles. The van der Waals surface area contributed by atoms with Gasteiger partial charge in [0, 0.05) is 6.54 Å². The Labute approximate surface area is 120 Å². The lowest BCUT2D eigenvalue weighted by molar-refractivity contribution is 0.379. The zero-order valence-corrected chi connectivity index (χ0v) is 12.7. The molecule has 1 heterocycles. The maximum Gasteiger partial charge on any atom is 0.322 e. The van der Waals surface area contributed by atoms with Crippen molar-refractivity contribution >= 4 is 17.5 Å². The SMILES string of the molecule is COc1nc(Cl)nc(NCCCCCCC(C)C)n1. The van der Waals surface area contributed by atoms with E-state index in [1.54, 1.807) is 0 Å². The highest BCUT2D eigenvalue weighted by Crippen LogP contribution is 2.12. The van der Waals surface area contributed by atoms with Gasteiger partial charge in [0.05, 0.1) is 7.11 Å². The predicted molar refractivity (Wildman–Crippen MR) is 77.8 cm³/mol. The Hall–Kier alpha value is -1.10. The Morgan fingerprint density at radius 3 is 2.53 bits per heavy atom. The summed E-state index contributed by atoms with van der Waals surface area (Å²) in [6.45, 7) is 5.37. The number of nitrogens with one attached hydrogen (secondary N) is 1. The minimum Gasteiger partial charge on any atom is -0.467 e. The normalized spacial score (nSPS) is 10.8. The van der Waals surface area contributed by atoms with Crippen molar-refractivity contribution in [3.63, 3.8) is 0 Å². The van der Waals surface area contributed by atoms with Crippen molar-refractivity contribution in [1.29, 1.82) is 0 Å². The first-order valence-corrected chi connectivity index (χ1v) is 7.19. The summed E-state index contributed by atoms with van der Waals surface area (Å²) in [4.78, 5) is 11.9. The van der Waals surface area contributed by atoms with E-state index in [9.17, 15) is 0 Å². The number of aromatic nitrogens is 3. The summed E-state index contributed by atoms with van der Waals surface area (Å²) in [5, 5.41) is 3.28. The van der Waals surface area contributed by atoms with Gasteiger partial charge in [0.15, 0.2) is 0 Å². The molecule has 0 bridgehead atoms. The first kappa shape index (κ1) is 16.0. The van der Waals surface area contributed by atoms with Crippen molar-refractivity contribution in [2.75, 3.05) is 19.0 Å². The fourth-order valence-corrected chi connectivity index (χ4v) is 1.89. The fourth-order valence-electron chi connectivity index (χ4n) is 1.73. The van der Waals surface area contributed by atoms with Crippen LogP contribution in [-0.2, 0) is 0 Å². The first-order chi connectivity index (χ1) is 9.11. The van der Waals surface area contributed by atoms with Crippen molar-refractivity contribution < 1.29 is 4.74 Å². The summed E-state index contributed by atoms with van der Waals surface area (Å²) in [7, 11) is 1.50. The number of anilines is 1. The topological polar surface area (TPSA) is 59.9 Å². The van der Waals surface area contributed by atoms with Gasteiger partial charge in [0.25, 0.3) is 0 Å². The Kier molecular flexibility index (Phi) is 7.48. The van der Waals surface area contributed by atoms with Crippen molar-refractivity contribution in [1.82, 2.24) is 15.0 Å². The number of nitrogens with zero attached hydrogens (tertiary/aromatic N) is 3. The number of unbranched alkanes of at least 4 members (excludes halogenated alkanes) is 3. The zero-order valence-electron chi connectivity index (χ0n) is 11.9. The van der Waals surface area contributed by atoms with Crippen molar-refractivity contribution in [3.05, 3.63) is 5.28 Å². The standard InChI is InChI=1S/C13H23ClN4O/c1-10(2)8-6-4-5-7-9-15-12-16-11(14)17-13(18-12)19-3/h10H,4-9H2,1-3H3,(H,15,16,17,18). The Morgan fingerprint density at radius 1 is 1.11 bits per heavy atom. The van der Waals surface area contributed by atoms with Crippen LogP contribution < -0.4 is 10.1 Å². The quantitative estimate of drug-likeness (QED) is 0.704. The highest BCUT2D eigenvalue weighted by atomic mass is 35.5. The number of hydrogen-bond acceptors (Lipinski definition) is 5. The van der Waals surface area contributed by atoms with Crippen LogP contribution >= 0.6 is 11.6 Å². The zero-order chi connectivity index (χ0) is 14.1. The average Bonchev–Trinajstić information content (AvgIpc) is 2.36. The van der Waals surface area contributed by atoms with Gasteiger partial charge in [-0.15, -0.1) is 0 Å². The van der Waals surface area contributed by atoms with Crippen LogP contribution in [0.2, 0.25) is 5.28 Å². The smallest absolute Gasteiger partial charge is 0.322 e. The van der Waals surface area contributed by atoms with Crippen LogP contribution in [0.4, 0.5) is 5.95 Å². The molecule has 1 aromatic rings. The molecule has 0 atom stereocenters. The lowest BCUT2D eigenvalue weighted by Crippen LogP contribution is -2.07. The molecule has 5 nitrogen and oxygen atoms in total. The number of methoxy groups -OCH3 is 1. The third-order valence-corrected chi connectivity index (χ3v) is 2.93. The molecule has 0 fully saturated rings. The van der Waals surface area contributed by atoms with E-state index in [1.807, 2.05) is 0 Å². The van der Waals surface area contributed by atoms with Crippen LogP contribution in [0, 0.1) is 5.92 Å². The van der Waals surface area contributed by atoms with Gasteiger partial charge in [-0.2, -0.15) is 15.0 Å². The second-order valence-corrected chi connectivity index (χ2v) is 5.28. The Bertz CT molecular complexity index is 374. The van der Waals surface area contributed by atoms with Crippen molar-refractivity contribution in [2.24, 2.45) is 5.92 Å². The van der Waals surface area contributed by atoms with Gasteiger partial charge in [0.1, 0.15) is 0 Å². The molecule has 0 unspecified atom stereocenters. The monoisotopic (exact) mass is 286 g/mol. The first-order valence-electron chi connectivity index (χ1n) is 6.81. The molecule has 0 radical (unpaired) electrons. The van der Waals surface area contributed by atoms with Crippen LogP contribution in [-0.4, -0.2) is 28.6 Å². The minimum atomic E-state index is 0.145. The molecule has 0 aliphatic rings. The molecule has 6 heteroatoms. The summed E-state index contributed by atoms with van der Waals surface area (Å²) in [5.74, 6) is 1.27. The van der Waals surface area contributed by atoms with E-state index in [2.05, 4.69) is 34.1 Å². The van der Waals surface area contributed by atoms with Crippen molar-refractivity contribution in [2.45, 2.75) is 46.0 Å². The summed E-state index contributed by atoms with van der Waals surface area (Å²) < 4.78 is 4.93. The van der Waals surface area contributed by atoms with E-state index >= 15 is 0 Å². The van der Waals surface area contributed by atoms with Gasteiger partial charge >= 0.3 is 6.01 Å². The van der Waals surface area contributed by atoms with E-state index in [1.165, 1.54) is 32.8 Å². The summed E-state index contributed by atoms with van der Waals surface area (Å²) in [6.07, 6.45) is 6.22. The lowest BCUT2D eigenvalue weighted by atomic mass is 10.0. The van der Waals surface area contributed by atoms with Crippen LogP contribution in [0.1, 0.15) is 46.0 Å². The van der Waals surface area contributed by atoms with E-state index in [-0.39, 0.29) is 11.3 Å². The molecule has 0 amide bonds. The third-order valence-electron chi connectivity index (χ3n) is 2.76. The van der Waals surface area contributed by atoms with Crippen LogP contribution in [0.5, 0.6) is 6.01 Å². The number of hydrogen-bond donors (Lipinski definition) is 1. The maximum atomic E-state index is 5.76. The third kappa shape index (κ3) is 7.15. The maximum absolute atomic E-state index is 5.76. The summed E-state index contributed by atoms with van der Waals surface area (Å²) in [6, 6.07) is 0.236. The predicted octanol–water partition coefficient (Wildman–Crippen LogP) is 3.55. The van der Waals surface area contributed by atoms with E-state index in [0.29, 0.717) is 5.95 Å². The summed E-state index contributed by atoms with van der Waals surface area (Å²) >= 11 is 5.76. The molecule has 1 N–H and O–H groups in total. The molecular formula is C13H23ClN4O. The highest BCUT2D eigenvalue weighted by Gasteiger charge is 2.04. The van der Waals surface area contributed by atoms with Crippen molar-refractivity contribution in [3.8, 4) is 6.01 Å². The van der Waals surface area contributed by atoms with E-state index in [0.717, 1.165) is 18.9 Å². The molecular weight excluding hydrogens is 264 g/mol. The molecule has 0 saturated carbocycles. The van der Waals surface area contributed by atoms with Gasteiger partial charge in [-0.3, -0.25) is 0 Å². The lowest BCUT2D eigenvalue weighted by Gasteiger charge is -2.06. The van der Waals surface area contributed by atoms with Gasteiger partial charge in [-0.05, 0) is 23.9 Å². The van der Waals surface area contributed by atoms with Crippen LogP contribution in [0.15, 0.2) is 0 Å². The van der Waals surface area contributed by atoms with Gasteiger partial charge in [-0.25, -0.2) is 0 Å². The average molecular weight is 287 g/mol. The Balaban J connectivity index is 2.17. The summed E-state index contributed by atoms with van der Waals surface area (Å²) in [5.41, 5.74) is 0. The molecule has 0 saturated heterocycles. The van der Waals surface area contributed by atoms with Crippen LogP contribution in [0.3, 0.4) is 0 Å². The highest BCUT2D eigenvalue weighted by molar-refractivity contribution is 6.28. The molecule has 19 heavy (non-hydrogen) atoms. The largest absolute Gasteiger partial charge is 0.467 e. The molecule has 0 spiro atoms. The number of rotatable bonds is 9. The molecule has 0 aliphatic heterocycles. The Morgan fingerprint density at radius 2 is 1.84 bits per heavy atom. The van der Waals surface area contributed by atoms with E-state index < -0.39 is 0 Å². The second-order valence-electron chi connectivity index (χ2n) is 4.94. The molecule has 1 rings (SSSR count). The minimum absolute atomic E-state index is 0.145. The van der Waals surface area contributed by atoms with E-state index in [4.69, 9.17) is 16.3 Å². The van der Waals surface area contributed by atoms with Gasteiger partial charge < -0.3 is 10.1 Å². The van der Waals surface area contributed by atoms with Gasteiger partial charge in [-0.1, -0.05) is 39.5 Å². The number of ether oxygens (including phenoxy) is 1. The van der Waals surface area contributed by atoms with Crippen LogP contribution in [0.25, 0.3) is 0 Å². The van der Waals surface area contributed by atoms with Gasteiger partial charge in [0.2, 0.25) is 11.2 Å². The fraction of sp³-hybridized carbons (Fsp3) is 0.769. The number of halogens is 1. The molecule has 108 valence electrons. The molecule has 0 aromatic carbocycles.